The van der Waals surface area contributed by atoms with E-state index in [4.69, 9.17) is 4.74 Å². The number of benzene rings is 1. The zero-order chi connectivity index (χ0) is 16.9. The summed E-state index contributed by atoms with van der Waals surface area (Å²) in [5, 5.41) is 6.49. The molecule has 0 saturated heterocycles. The summed E-state index contributed by atoms with van der Waals surface area (Å²) >= 11 is 0. The van der Waals surface area contributed by atoms with Crippen molar-refractivity contribution in [1.29, 1.82) is 0 Å². The molecule has 1 amide bonds. The van der Waals surface area contributed by atoms with Crippen LogP contribution in [0.5, 0.6) is 0 Å². The number of nitrogens with one attached hydrogen (secondary N) is 2. The summed E-state index contributed by atoms with van der Waals surface area (Å²) < 4.78 is 5.29. The molecule has 2 rings (SSSR count). The van der Waals surface area contributed by atoms with Gasteiger partial charge in [-0.1, -0.05) is 25.1 Å². The van der Waals surface area contributed by atoms with Crippen LogP contribution < -0.4 is 10.6 Å². The van der Waals surface area contributed by atoms with E-state index >= 15 is 0 Å². The van der Waals surface area contributed by atoms with Gasteiger partial charge in [0.1, 0.15) is 5.60 Å². The Labute approximate surface area is 140 Å². The Balaban J connectivity index is 1.91. The first-order chi connectivity index (χ1) is 10.8. The van der Waals surface area contributed by atoms with Gasteiger partial charge in [0.15, 0.2) is 0 Å². The summed E-state index contributed by atoms with van der Waals surface area (Å²) in [6.07, 6.45) is 4.63. The fraction of sp³-hybridized carbons (Fsp3) is 0.632. The minimum Gasteiger partial charge on any atom is -0.444 e. The Hall–Kier alpha value is -1.71. The fourth-order valence-electron chi connectivity index (χ4n) is 2.92. The third-order valence-corrected chi connectivity index (χ3v) is 4.21. The van der Waals surface area contributed by atoms with Crippen LogP contribution in [0, 0.1) is 5.92 Å². The van der Waals surface area contributed by atoms with Crippen LogP contribution in [0.2, 0.25) is 0 Å². The van der Waals surface area contributed by atoms with E-state index < -0.39 is 5.60 Å². The second-order valence-electron chi connectivity index (χ2n) is 7.61. The Bertz CT molecular complexity index is 514. The van der Waals surface area contributed by atoms with Crippen molar-refractivity contribution in [1.82, 2.24) is 5.32 Å². The third-order valence-electron chi connectivity index (χ3n) is 4.21. The van der Waals surface area contributed by atoms with E-state index in [1.54, 1.807) is 0 Å². The van der Waals surface area contributed by atoms with Crippen LogP contribution in [0.15, 0.2) is 24.3 Å². The molecule has 23 heavy (non-hydrogen) atoms. The molecule has 0 atom stereocenters. The van der Waals surface area contributed by atoms with Crippen molar-refractivity contribution in [3.05, 3.63) is 29.8 Å². The first-order valence-corrected chi connectivity index (χ1v) is 8.65. The molecule has 1 fully saturated rings. The van der Waals surface area contributed by atoms with Crippen LogP contribution in [0.3, 0.4) is 0 Å². The molecule has 0 radical (unpaired) electrons. The molecule has 4 nitrogen and oxygen atoms in total. The highest BCUT2D eigenvalue weighted by Gasteiger charge is 2.19. The molecule has 1 aliphatic rings. The van der Waals surface area contributed by atoms with Crippen LogP contribution in [-0.4, -0.2) is 17.7 Å². The predicted octanol–water partition coefficient (Wildman–Crippen LogP) is 4.70. The SMILES string of the molecule is CC1CCC(Nc2ccccc2CNC(=O)OC(C)(C)C)CC1. The normalized spacial score (nSPS) is 21.6. The number of para-hydroxylation sites is 1. The van der Waals surface area contributed by atoms with E-state index in [0.717, 1.165) is 17.2 Å². The van der Waals surface area contributed by atoms with Crippen molar-refractivity contribution in [2.45, 2.75) is 71.6 Å². The van der Waals surface area contributed by atoms with Gasteiger partial charge >= 0.3 is 6.09 Å². The van der Waals surface area contributed by atoms with Crippen LogP contribution in [-0.2, 0) is 11.3 Å². The molecule has 0 aliphatic heterocycles. The van der Waals surface area contributed by atoms with Gasteiger partial charge in [0, 0.05) is 18.3 Å². The molecule has 0 bridgehead atoms. The number of rotatable bonds is 4. The van der Waals surface area contributed by atoms with Crippen LogP contribution >= 0.6 is 0 Å². The number of ether oxygens (including phenoxy) is 1. The van der Waals surface area contributed by atoms with Crippen molar-refractivity contribution in [3.8, 4) is 0 Å². The smallest absolute Gasteiger partial charge is 0.407 e. The molecule has 0 unspecified atom stereocenters. The number of carbonyl (C=O) groups is 1. The van der Waals surface area contributed by atoms with Crippen molar-refractivity contribution < 1.29 is 9.53 Å². The lowest BCUT2D eigenvalue weighted by atomic mass is 9.87. The van der Waals surface area contributed by atoms with Gasteiger partial charge < -0.3 is 15.4 Å². The van der Waals surface area contributed by atoms with Crippen LogP contribution in [0.4, 0.5) is 10.5 Å². The summed E-state index contributed by atoms with van der Waals surface area (Å²) in [7, 11) is 0. The molecule has 0 heterocycles. The minimum atomic E-state index is -0.472. The summed E-state index contributed by atoms with van der Waals surface area (Å²) in [6, 6.07) is 8.70. The van der Waals surface area contributed by atoms with Crippen molar-refractivity contribution in [2.75, 3.05) is 5.32 Å². The molecule has 128 valence electrons. The first-order valence-electron chi connectivity index (χ1n) is 8.65. The largest absolute Gasteiger partial charge is 0.444 e. The molecule has 1 aliphatic carbocycles. The minimum absolute atomic E-state index is 0.376. The maximum atomic E-state index is 11.8. The average molecular weight is 318 g/mol. The number of hydrogen-bond donors (Lipinski definition) is 2. The summed E-state index contributed by atoms with van der Waals surface area (Å²) in [5.74, 6) is 0.845. The number of hydrogen-bond acceptors (Lipinski definition) is 3. The fourth-order valence-corrected chi connectivity index (χ4v) is 2.92. The lowest BCUT2D eigenvalue weighted by molar-refractivity contribution is 0.0523. The Kier molecular flexibility index (Phi) is 5.91. The molecule has 2 N–H and O–H groups in total. The zero-order valence-corrected chi connectivity index (χ0v) is 14.8. The maximum absolute atomic E-state index is 11.8. The number of alkyl carbamates (subject to hydrolysis) is 1. The summed E-state index contributed by atoms with van der Waals surface area (Å²) in [6.45, 7) is 8.40. The van der Waals surface area contributed by atoms with Gasteiger partial charge in [-0.15, -0.1) is 0 Å². The lowest BCUT2D eigenvalue weighted by Gasteiger charge is -2.28. The summed E-state index contributed by atoms with van der Waals surface area (Å²) in [5.41, 5.74) is 1.74. The van der Waals surface area contributed by atoms with Gasteiger partial charge in [0.25, 0.3) is 0 Å². The van der Waals surface area contributed by atoms with Gasteiger partial charge in [-0.25, -0.2) is 4.79 Å². The van der Waals surface area contributed by atoms with Crippen LogP contribution in [0.1, 0.15) is 58.9 Å². The molecular weight excluding hydrogens is 288 g/mol. The Morgan fingerprint density at radius 3 is 2.48 bits per heavy atom. The first kappa shape index (κ1) is 17.6. The number of amides is 1. The highest BCUT2D eigenvalue weighted by Crippen LogP contribution is 2.27. The third kappa shape index (κ3) is 6.12. The van der Waals surface area contributed by atoms with E-state index in [-0.39, 0.29) is 6.09 Å². The average Bonchev–Trinajstić information content (AvgIpc) is 2.47. The molecule has 0 aromatic heterocycles. The Morgan fingerprint density at radius 1 is 1.17 bits per heavy atom. The lowest BCUT2D eigenvalue weighted by Crippen LogP contribution is -2.32. The monoisotopic (exact) mass is 318 g/mol. The number of anilines is 1. The Morgan fingerprint density at radius 2 is 1.83 bits per heavy atom. The number of carbonyl (C=O) groups excluding carboxylic acids is 1. The van der Waals surface area contributed by atoms with Gasteiger partial charge in [0.2, 0.25) is 0 Å². The highest BCUT2D eigenvalue weighted by atomic mass is 16.6. The van der Waals surface area contributed by atoms with Gasteiger partial charge in [-0.3, -0.25) is 0 Å². The van der Waals surface area contributed by atoms with E-state index in [0.29, 0.717) is 12.6 Å². The molecule has 1 aromatic rings. The molecule has 0 spiro atoms. The van der Waals surface area contributed by atoms with Gasteiger partial charge in [0.05, 0.1) is 0 Å². The van der Waals surface area contributed by atoms with Gasteiger partial charge in [-0.2, -0.15) is 0 Å². The van der Waals surface area contributed by atoms with E-state index in [9.17, 15) is 4.79 Å². The van der Waals surface area contributed by atoms with Crippen molar-refractivity contribution >= 4 is 11.8 Å². The quantitative estimate of drug-likeness (QED) is 0.846. The standard InChI is InChI=1S/C19H30N2O2/c1-14-9-11-16(12-10-14)21-17-8-6-5-7-15(17)13-20-18(22)23-19(2,3)4/h5-8,14,16,21H,9-13H2,1-4H3,(H,20,22). The zero-order valence-electron chi connectivity index (χ0n) is 14.8. The van der Waals surface area contributed by atoms with Crippen molar-refractivity contribution in [2.24, 2.45) is 5.92 Å². The van der Waals surface area contributed by atoms with E-state index in [2.05, 4.69) is 23.6 Å². The highest BCUT2D eigenvalue weighted by molar-refractivity contribution is 5.68. The molecule has 1 saturated carbocycles. The summed E-state index contributed by atoms with van der Waals surface area (Å²) in [4.78, 5) is 11.8. The predicted molar refractivity (Wildman–Crippen MR) is 94.6 cm³/mol. The topological polar surface area (TPSA) is 50.4 Å². The molecule has 4 heteroatoms. The van der Waals surface area contributed by atoms with E-state index in [1.807, 2.05) is 39.0 Å². The second kappa shape index (κ2) is 7.71. The second-order valence-corrected chi connectivity index (χ2v) is 7.61. The van der Waals surface area contributed by atoms with Crippen LogP contribution in [0.25, 0.3) is 0 Å². The van der Waals surface area contributed by atoms with E-state index in [1.165, 1.54) is 25.7 Å². The maximum Gasteiger partial charge on any atom is 0.407 e. The van der Waals surface area contributed by atoms with Gasteiger partial charge in [-0.05, 0) is 64.0 Å². The van der Waals surface area contributed by atoms with Crippen molar-refractivity contribution in [3.63, 3.8) is 0 Å². The molecular formula is C19H30N2O2. The molecule has 1 aromatic carbocycles.